The SMILES string of the molecule is Cc1cccc(C2CCCN2C(=O)[C@H](O)[C@@H](O)C(=O)NCC2=CC(Cc3cccc(F)c3)CS2)c1. The number of aliphatic hydroxyl groups excluding tert-OH is 2. The van der Waals surface area contributed by atoms with E-state index in [2.05, 4.69) is 5.32 Å². The van der Waals surface area contributed by atoms with E-state index in [9.17, 15) is 24.2 Å². The topological polar surface area (TPSA) is 89.9 Å². The average molecular weight is 499 g/mol. The van der Waals surface area contributed by atoms with Gasteiger partial charge in [-0.15, -0.1) is 11.8 Å². The summed E-state index contributed by atoms with van der Waals surface area (Å²) in [5.74, 6) is -0.639. The van der Waals surface area contributed by atoms with E-state index in [4.69, 9.17) is 0 Å². The molecule has 0 radical (unpaired) electrons. The first-order valence-corrected chi connectivity index (χ1v) is 12.9. The zero-order valence-corrected chi connectivity index (χ0v) is 20.5. The molecular weight excluding hydrogens is 467 g/mol. The molecule has 0 saturated carbocycles. The number of nitrogens with one attached hydrogen (secondary N) is 1. The first kappa shape index (κ1) is 25.4. The molecule has 2 unspecified atom stereocenters. The first-order chi connectivity index (χ1) is 16.8. The van der Waals surface area contributed by atoms with Crippen molar-refractivity contribution in [1.29, 1.82) is 0 Å². The summed E-state index contributed by atoms with van der Waals surface area (Å²) in [6.07, 6.45) is 0.632. The van der Waals surface area contributed by atoms with Gasteiger partial charge >= 0.3 is 0 Å². The van der Waals surface area contributed by atoms with Gasteiger partial charge in [-0.25, -0.2) is 4.39 Å². The fourth-order valence-electron chi connectivity index (χ4n) is 4.75. The van der Waals surface area contributed by atoms with Gasteiger partial charge in [0, 0.05) is 23.7 Å². The molecule has 0 bridgehead atoms. The molecule has 3 N–H and O–H groups in total. The smallest absolute Gasteiger partial charge is 0.255 e. The van der Waals surface area contributed by atoms with Crippen molar-refractivity contribution in [2.24, 2.45) is 5.92 Å². The highest BCUT2D eigenvalue weighted by molar-refractivity contribution is 8.03. The van der Waals surface area contributed by atoms with Crippen LogP contribution in [-0.2, 0) is 16.0 Å². The minimum absolute atomic E-state index is 0.178. The van der Waals surface area contributed by atoms with Gasteiger partial charge in [-0.05, 0) is 55.4 Å². The lowest BCUT2D eigenvalue weighted by molar-refractivity contribution is -0.153. The number of thioether (sulfide) groups is 1. The molecule has 2 aromatic rings. The van der Waals surface area contributed by atoms with Crippen LogP contribution in [0.15, 0.2) is 59.5 Å². The Morgan fingerprint density at radius 2 is 1.97 bits per heavy atom. The maximum absolute atomic E-state index is 13.4. The molecule has 4 atom stereocenters. The second kappa shape index (κ2) is 11.4. The Morgan fingerprint density at radius 3 is 2.74 bits per heavy atom. The van der Waals surface area contributed by atoms with Gasteiger partial charge in [0.25, 0.3) is 11.8 Å². The van der Waals surface area contributed by atoms with E-state index in [1.54, 1.807) is 22.7 Å². The highest BCUT2D eigenvalue weighted by Crippen LogP contribution is 2.33. The first-order valence-electron chi connectivity index (χ1n) is 11.9. The number of nitrogens with zero attached hydrogens (tertiary/aromatic N) is 1. The summed E-state index contributed by atoms with van der Waals surface area (Å²) in [6, 6.07) is 14.2. The van der Waals surface area contributed by atoms with Crippen LogP contribution in [0.1, 0.15) is 35.6 Å². The van der Waals surface area contributed by atoms with Gasteiger partial charge in [0.2, 0.25) is 0 Å². The number of aliphatic hydroxyl groups is 2. The summed E-state index contributed by atoms with van der Waals surface area (Å²) in [7, 11) is 0. The van der Waals surface area contributed by atoms with Crippen LogP contribution in [-0.4, -0.2) is 58.0 Å². The molecule has 186 valence electrons. The van der Waals surface area contributed by atoms with Crippen LogP contribution in [0.5, 0.6) is 0 Å². The highest BCUT2D eigenvalue weighted by atomic mass is 32.2. The second-order valence-corrected chi connectivity index (χ2v) is 10.4. The average Bonchev–Trinajstić information content (AvgIpc) is 3.51. The maximum atomic E-state index is 13.4. The van der Waals surface area contributed by atoms with Gasteiger partial charge in [-0.3, -0.25) is 9.59 Å². The quantitative estimate of drug-likeness (QED) is 0.520. The minimum Gasteiger partial charge on any atom is -0.380 e. The Labute approximate surface area is 209 Å². The molecule has 4 rings (SSSR count). The summed E-state index contributed by atoms with van der Waals surface area (Å²) < 4.78 is 13.4. The van der Waals surface area contributed by atoms with Crippen LogP contribution in [0.4, 0.5) is 4.39 Å². The minimum atomic E-state index is -1.85. The Morgan fingerprint density at radius 1 is 1.17 bits per heavy atom. The molecule has 2 aliphatic rings. The Hall–Kier alpha value is -2.68. The molecule has 2 heterocycles. The van der Waals surface area contributed by atoms with Gasteiger partial charge < -0.3 is 20.4 Å². The summed E-state index contributed by atoms with van der Waals surface area (Å²) in [4.78, 5) is 27.9. The normalized spacial score (nSPS) is 21.5. The maximum Gasteiger partial charge on any atom is 0.255 e. The zero-order chi connectivity index (χ0) is 24.9. The van der Waals surface area contributed by atoms with Crippen molar-refractivity contribution in [2.75, 3.05) is 18.8 Å². The summed E-state index contributed by atoms with van der Waals surface area (Å²) in [5.41, 5.74) is 2.99. The molecule has 0 aliphatic carbocycles. The van der Waals surface area contributed by atoms with Crippen LogP contribution in [0.25, 0.3) is 0 Å². The van der Waals surface area contributed by atoms with E-state index < -0.39 is 24.0 Å². The van der Waals surface area contributed by atoms with Gasteiger partial charge in [-0.2, -0.15) is 0 Å². The van der Waals surface area contributed by atoms with Crippen LogP contribution in [0.3, 0.4) is 0 Å². The van der Waals surface area contributed by atoms with E-state index in [1.807, 2.05) is 43.3 Å². The molecule has 1 saturated heterocycles. The third-order valence-electron chi connectivity index (χ3n) is 6.51. The van der Waals surface area contributed by atoms with Gasteiger partial charge in [0.1, 0.15) is 5.82 Å². The molecule has 1 fully saturated rings. The third kappa shape index (κ3) is 6.31. The van der Waals surface area contributed by atoms with Crippen LogP contribution in [0, 0.1) is 18.7 Å². The molecular formula is C27H31FN2O4S. The van der Waals surface area contributed by atoms with Crippen molar-refractivity contribution in [1.82, 2.24) is 10.2 Å². The molecule has 6 nitrogen and oxygen atoms in total. The number of likely N-dealkylation sites (tertiary alicyclic amines) is 1. The van der Waals surface area contributed by atoms with Crippen LogP contribution in [0.2, 0.25) is 0 Å². The summed E-state index contributed by atoms with van der Waals surface area (Å²) in [5, 5.41) is 23.5. The molecule has 2 aliphatic heterocycles. The number of aryl methyl sites for hydroxylation is 1. The van der Waals surface area contributed by atoms with Crippen molar-refractivity contribution in [3.05, 3.63) is 82.0 Å². The number of carbonyl (C=O) groups excluding carboxylic acids is 2. The number of amides is 2. The number of hydrogen-bond donors (Lipinski definition) is 3. The largest absolute Gasteiger partial charge is 0.380 e. The fourth-order valence-corrected chi connectivity index (χ4v) is 5.85. The number of halogens is 1. The Bertz CT molecular complexity index is 1110. The number of allylic oxidation sites excluding steroid dienone is 1. The highest BCUT2D eigenvalue weighted by Gasteiger charge is 2.38. The standard InChI is InChI=1S/C27H31FN2O4S/c1-17-5-2-7-20(11-17)23-9-4-10-30(23)27(34)25(32)24(31)26(33)29-15-22-14-19(16-35-22)12-18-6-3-8-21(28)13-18/h2-3,5-8,11,13-14,19,23-25,31-32H,4,9-10,12,15-16H2,1H3,(H,29,33)/t19?,23?,24-,25-/m1/s1. The molecule has 2 amide bonds. The molecule has 8 heteroatoms. The molecule has 2 aromatic carbocycles. The zero-order valence-electron chi connectivity index (χ0n) is 19.7. The van der Waals surface area contributed by atoms with E-state index in [1.165, 1.54) is 12.1 Å². The van der Waals surface area contributed by atoms with Gasteiger partial charge in [0.15, 0.2) is 12.2 Å². The van der Waals surface area contributed by atoms with Crippen molar-refractivity contribution in [3.8, 4) is 0 Å². The lowest BCUT2D eigenvalue weighted by Gasteiger charge is -2.28. The van der Waals surface area contributed by atoms with Gasteiger partial charge in [0.05, 0.1) is 6.04 Å². The van der Waals surface area contributed by atoms with Crippen LogP contribution >= 0.6 is 11.8 Å². The molecule has 0 aromatic heterocycles. The lowest BCUT2D eigenvalue weighted by Crippen LogP contribution is -2.50. The fraction of sp³-hybridized carbons (Fsp3) is 0.407. The van der Waals surface area contributed by atoms with Crippen molar-refractivity contribution < 1.29 is 24.2 Å². The van der Waals surface area contributed by atoms with E-state index in [0.717, 1.165) is 40.2 Å². The number of hydrogen-bond acceptors (Lipinski definition) is 5. The van der Waals surface area contributed by atoms with Crippen molar-refractivity contribution in [3.63, 3.8) is 0 Å². The molecule has 0 spiro atoms. The number of carbonyl (C=O) groups is 2. The van der Waals surface area contributed by atoms with Crippen molar-refractivity contribution in [2.45, 2.75) is 44.4 Å². The lowest BCUT2D eigenvalue weighted by atomic mass is 10.0. The van der Waals surface area contributed by atoms with E-state index >= 15 is 0 Å². The third-order valence-corrected chi connectivity index (χ3v) is 7.76. The summed E-state index contributed by atoms with van der Waals surface area (Å²) >= 11 is 1.60. The molecule has 35 heavy (non-hydrogen) atoms. The van der Waals surface area contributed by atoms with Crippen LogP contribution < -0.4 is 5.32 Å². The van der Waals surface area contributed by atoms with E-state index in [-0.39, 0.29) is 24.3 Å². The predicted octanol–water partition coefficient (Wildman–Crippen LogP) is 3.13. The van der Waals surface area contributed by atoms with E-state index in [0.29, 0.717) is 13.0 Å². The predicted molar refractivity (Wildman–Crippen MR) is 134 cm³/mol. The van der Waals surface area contributed by atoms with Crippen molar-refractivity contribution >= 4 is 23.6 Å². The Balaban J connectivity index is 1.30. The monoisotopic (exact) mass is 498 g/mol. The number of benzene rings is 2. The number of rotatable bonds is 8. The Kier molecular flexibility index (Phi) is 8.26. The van der Waals surface area contributed by atoms with Gasteiger partial charge in [-0.1, -0.05) is 48.0 Å². The summed E-state index contributed by atoms with van der Waals surface area (Å²) in [6.45, 7) is 2.66. The second-order valence-electron chi connectivity index (χ2n) is 9.25.